The molecule has 2 aromatic heterocycles. The normalized spacial score (nSPS) is 11.1. The summed E-state index contributed by atoms with van der Waals surface area (Å²) in [5.74, 6) is -3.76. The van der Waals surface area contributed by atoms with Crippen molar-refractivity contribution in [1.29, 1.82) is 0 Å². The van der Waals surface area contributed by atoms with Crippen molar-refractivity contribution in [3.05, 3.63) is 53.0 Å². The van der Waals surface area contributed by atoms with Crippen LogP contribution in [0.25, 0.3) is 11.0 Å². The van der Waals surface area contributed by atoms with Crippen LogP contribution < -0.4 is 11.1 Å². The summed E-state index contributed by atoms with van der Waals surface area (Å²) in [6, 6.07) is 1.73. The summed E-state index contributed by atoms with van der Waals surface area (Å²) in [4.78, 5) is 35.2. The van der Waals surface area contributed by atoms with Crippen LogP contribution in [0.3, 0.4) is 0 Å². The first-order valence-corrected chi connectivity index (χ1v) is 8.19. The van der Waals surface area contributed by atoms with Gasteiger partial charge in [0.2, 0.25) is 5.78 Å². The lowest BCUT2D eigenvalue weighted by atomic mass is 9.99. The molecule has 1 amide bonds. The molecule has 0 aliphatic rings. The van der Waals surface area contributed by atoms with Gasteiger partial charge >= 0.3 is 0 Å². The second-order valence-corrected chi connectivity index (χ2v) is 6.40. The van der Waals surface area contributed by atoms with Gasteiger partial charge < -0.3 is 16.0 Å². The number of rotatable bonds is 6. The minimum atomic E-state index is -1.30. The van der Waals surface area contributed by atoms with Crippen LogP contribution in [0.15, 0.2) is 24.7 Å². The van der Waals surface area contributed by atoms with Crippen LogP contribution in [0.4, 0.5) is 14.6 Å². The standard InChI is InChI=1S/C18H17F2N5O2/c1-8(2)5-22-17-12-10(6-23-18(12)25-7-24-17)15(26)13-11(19)4-3-9(14(13)20)16(21)27/h3-4,6-8H,5H2,1-2H3,(H2,21,27)(H2,22,23,24,25). The molecule has 140 valence electrons. The molecule has 0 atom stereocenters. The third-order valence-corrected chi connectivity index (χ3v) is 3.98. The monoisotopic (exact) mass is 373 g/mol. The third kappa shape index (κ3) is 3.35. The number of H-pyrrole nitrogens is 1. The lowest BCUT2D eigenvalue weighted by Gasteiger charge is -2.10. The van der Waals surface area contributed by atoms with E-state index in [9.17, 15) is 18.4 Å². The zero-order valence-electron chi connectivity index (χ0n) is 14.6. The van der Waals surface area contributed by atoms with E-state index in [-0.39, 0.29) is 5.56 Å². The molecule has 0 bridgehead atoms. The number of carbonyl (C=O) groups is 2. The number of benzene rings is 1. The number of nitrogens with one attached hydrogen (secondary N) is 2. The predicted octanol–water partition coefficient (Wildman–Crippen LogP) is 2.63. The summed E-state index contributed by atoms with van der Waals surface area (Å²) >= 11 is 0. The Morgan fingerprint density at radius 3 is 2.63 bits per heavy atom. The summed E-state index contributed by atoms with van der Waals surface area (Å²) in [7, 11) is 0. The van der Waals surface area contributed by atoms with Gasteiger partial charge in [-0.05, 0) is 18.1 Å². The van der Waals surface area contributed by atoms with Crippen LogP contribution in [0.2, 0.25) is 0 Å². The van der Waals surface area contributed by atoms with Crippen LogP contribution in [-0.4, -0.2) is 33.2 Å². The molecule has 0 aliphatic carbocycles. The van der Waals surface area contributed by atoms with Gasteiger partial charge in [0, 0.05) is 12.7 Å². The molecule has 0 radical (unpaired) electrons. The number of amides is 1. The van der Waals surface area contributed by atoms with Crippen LogP contribution in [0.5, 0.6) is 0 Å². The average Bonchev–Trinajstić information content (AvgIpc) is 3.04. The van der Waals surface area contributed by atoms with E-state index in [0.717, 1.165) is 12.1 Å². The summed E-state index contributed by atoms with van der Waals surface area (Å²) < 4.78 is 28.8. The Balaban J connectivity index is 2.15. The van der Waals surface area contributed by atoms with E-state index in [4.69, 9.17) is 5.73 Å². The molecule has 0 unspecified atom stereocenters. The molecule has 4 N–H and O–H groups in total. The minimum absolute atomic E-state index is 0.0173. The number of hydrogen-bond acceptors (Lipinski definition) is 5. The zero-order chi connectivity index (χ0) is 19.7. The number of hydrogen-bond donors (Lipinski definition) is 3. The van der Waals surface area contributed by atoms with Crippen molar-refractivity contribution in [3.63, 3.8) is 0 Å². The molecule has 0 saturated carbocycles. The molecule has 0 spiro atoms. The largest absolute Gasteiger partial charge is 0.369 e. The maximum absolute atomic E-state index is 14.6. The predicted molar refractivity (Wildman–Crippen MR) is 95.5 cm³/mol. The van der Waals surface area contributed by atoms with Gasteiger partial charge in [0.25, 0.3) is 5.91 Å². The van der Waals surface area contributed by atoms with Crippen molar-refractivity contribution in [2.24, 2.45) is 11.7 Å². The van der Waals surface area contributed by atoms with E-state index in [1.54, 1.807) is 0 Å². The van der Waals surface area contributed by atoms with Gasteiger partial charge in [0.15, 0.2) is 0 Å². The van der Waals surface area contributed by atoms with Crippen LogP contribution >= 0.6 is 0 Å². The second-order valence-electron chi connectivity index (χ2n) is 6.40. The number of anilines is 1. The Kier molecular flexibility index (Phi) is 4.85. The van der Waals surface area contributed by atoms with Crippen LogP contribution in [0.1, 0.15) is 40.1 Å². The van der Waals surface area contributed by atoms with Gasteiger partial charge in [-0.2, -0.15) is 0 Å². The van der Waals surface area contributed by atoms with Gasteiger partial charge in [-0.3, -0.25) is 9.59 Å². The summed E-state index contributed by atoms with van der Waals surface area (Å²) in [5, 5.41) is 3.41. The van der Waals surface area contributed by atoms with Crippen LogP contribution in [-0.2, 0) is 0 Å². The van der Waals surface area contributed by atoms with E-state index in [1.807, 2.05) is 13.8 Å². The molecule has 9 heteroatoms. The van der Waals surface area contributed by atoms with E-state index >= 15 is 0 Å². The lowest BCUT2D eigenvalue weighted by Crippen LogP contribution is -2.17. The fourth-order valence-corrected chi connectivity index (χ4v) is 2.66. The molecular weight excluding hydrogens is 356 g/mol. The number of nitrogens with zero attached hydrogens (tertiary/aromatic N) is 2. The summed E-state index contributed by atoms with van der Waals surface area (Å²) in [6.45, 7) is 4.56. The fraction of sp³-hybridized carbons (Fsp3) is 0.222. The van der Waals surface area contributed by atoms with Gasteiger partial charge in [-0.1, -0.05) is 13.8 Å². The van der Waals surface area contributed by atoms with Gasteiger partial charge in [-0.25, -0.2) is 18.7 Å². The zero-order valence-corrected chi connectivity index (χ0v) is 14.6. The topological polar surface area (TPSA) is 114 Å². The summed E-state index contributed by atoms with van der Waals surface area (Å²) in [6.07, 6.45) is 2.61. The first kappa shape index (κ1) is 18.4. The number of ketones is 1. The number of halogens is 2. The van der Waals surface area contributed by atoms with Crippen molar-refractivity contribution in [3.8, 4) is 0 Å². The number of primary amides is 1. The van der Waals surface area contributed by atoms with Crippen molar-refractivity contribution in [2.45, 2.75) is 13.8 Å². The van der Waals surface area contributed by atoms with E-state index in [0.29, 0.717) is 29.3 Å². The quantitative estimate of drug-likeness (QED) is 0.575. The van der Waals surface area contributed by atoms with Crippen LogP contribution in [0, 0.1) is 17.6 Å². The molecule has 2 heterocycles. The summed E-state index contributed by atoms with van der Waals surface area (Å²) in [5.41, 5.74) is 3.99. The van der Waals surface area contributed by atoms with Crippen molar-refractivity contribution >= 4 is 28.5 Å². The lowest BCUT2D eigenvalue weighted by molar-refractivity contribution is 0.0996. The Hall–Kier alpha value is -3.36. The number of fused-ring (bicyclic) bond motifs is 1. The smallest absolute Gasteiger partial charge is 0.251 e. The van der Waals surface area contributed by atoms with Crippen molar-refractivity contribution in [2.75, 3.05) is 11.9 Å². The van der Waals surface area contributed by atoms with E-state index < -0.39 is 34.5 Å². The number of aromatic amines is 1. The minimum Gasteiger partial charge on any atom is -0.369 e. The Labute approximate surface area is 153 Å². The SMILES string of the molecule is CC(C)CNc1ncnc2[nH]cc(C(=O)c3c(F)ccc(C(N)=O)c3F)c12. The second kappa shape index (κ2) is 7.10. The first-order chi connectivity index (χ1) is 12.8. The molecule has 27 heavy (non-hydrogen) atoms. The highest BCUT2D eigenvalue weighted by Gasteiger charge is 2.26. The Bertz CT molecular complexity index is 1050. The molecule has 0 fully saturated rings. The molecule has 0 aliphatic heterocycles. The number of carbonyl (C=O) groups excluding carboxylic acids is 2. The molecular formula is C18H17F2N5O2. The third-order valence-electron chi connectivity index (χ3n) is 3.98. The molecule has 0 saturated heterocycles. The highest BCUT2D eigenvalue weighted by molar-refractivity contribution is 6.18. The molecule has 7 nitrogen and oxygen atoms in total. The molecule has 3 rings (SSSR count). The highest BCUT2D eigenvalue weighted by Crippen LogP contribution is 2.28. The van der Waals surface area contributed by atoms with Gasteiger partial charge in [0.05, 0.1) is 22.1 Å². The van der Waals surface area contributed by atoms with E-state index in [2.05, 4.69) is 20.3 Å². The van der Waals surface area contributed by atoms with E-state index in [1.165, 1.54) is 12.5 Å². The number of aromatic nitrogens is 3. The Morgan fingerprint density at radius 2 is 1.96 bits per heavy atom. The average molecular weight is 373 g/mol. The highest BCUT2D eigenvalue weighted by atomic mass is 19.1. The first-order valence-electron chi connectivity index (χ1n) is 8.19. The maximum atomic E-state index is 14.6. The van der Waals surface area contributed by atoms with Crippen molar-refractivity contribution < 1.29 is 18.4 Å². The maximum Gasteiger partial charge on any atom is 0.251 e. The molecule has 1 aromatic carbocycles. The van der Waals surface area contributed by atoms with Gasteiger partial charge in [-0.15, -0.1) is 0 Å². The molecule has 3 aromatic rings. The number of nitrogens with two attached hydrogens (primary N) is 1. The fourth-order valence-electron chi connectivity index (χ4n) is 2.66. The van der Waals surface area contributed by atoms with Crippen molar-refractivity contribution in [1.82, 2.24) is 15.0 Å². The van der Waals surface area contributed by atoms with Gasteiger partial charge in [0.1, 0.15) is 29.4 Å². The Morgan fingerprint density at radius 1 is 1.22 bits per heavy atom.